The van der Waals surface area contributed by atoms with Gasteiger partial charge >= 0.3 is 0 Å². The predicted molar refractivity (Wildman–Crippen MR) is 100 cm³/mol. The second-order valence-corrected chi connectivity index (χ2v) is 6.38. The molecule has 7 nitrogen and oxygen atoms in total. The third-order valence-corrected chi connectivity index (χ3v) is 4.59. The van der Waals surface area contributed by atoms with E-state index < -0.39 is 5.92 Å². The van der Waals surface area contributed by atoms with Gasteiger partial charge in [0.05, 0.1) is 18.9 Å². The van der Waals surface area contributed by atoms with Gasteiger partial charge in [-0.3, -0.25) is 9.36 Å². The lowest BCUT2D eigenvalue weighted by molar-refractivity contribution is -0.117. The van der Waals surface area contributed by atoms with Gasteiger partial charge in [-0.2, -0.15) is 5.26 Å². The van der Waals surface area contributed by atoms with E-state index >= 15 is 0 Å². The van der Waals surface area contributed by atoms with Crippen molar-refractivity contribution in [3.63, 3.8) is 0 Å². The molecule has 0 aliphatic rings. The first-order chi connectivity index (χ1) is 12.5. The van der Waals surface area contributed by atoms with Crippen molar-refractivity contribution in [3.8, 4) is 23.2 Å². The summed E-state index contributed by atoms with van der Waals surface area (Å²) in [5.41, 5.74) is 0.910. The minimum atomic E-state index is -1.01. The van der Waals surface area contributed by atoms with E-state index in [-0.39, 0.29) is 17.2 Å². The zero-order chi connectivity index (χ0) is 19.1. The Balaban J connectivity index is 2.23. The summed E-state index contributed by atoms with van der Waals surface area (Å²) < 4.78 is 7.01. The van der Waals surface area contributed by atoms with Crippen LogP contribution >= 0.6 is 11.8 Å². The number of methoxy groups -OCH3 is 1. The quantitative estimate of drug-likeness (QED) is 0.414. The first-order valence-electron chi connectivity index (χ1n) is 7.80. The Labute approximate surface area is 156 Å². The van der Waals surface area contributed by atoms with Crippen molar-refractivity contribution < 1.29 is 9.53 Å². The summed E-state index contributed by atoms with van der Waals surface area (Å²) in [4.78, 5) is 12.1. The van der Waals surface area contributed by atoms with Crippen LogP contribution in [0, 0.1) is 22.7 Å². The van der Waals surface area contributed by atoms with Crippen molar-refractivity contribution in [1.82, 2.24) is 14.8 Å². The fraction of sp³-hybridized carbons (Fsp3) is 0.278. The molecule has 1 heterocycles. The number of hydrogen-bond donors (Lipinski definition) is 1. The van der Waals surface area contributed by atoms with Crippen molar-refractivity contribution in [1.29, 1.82) is 10.7 Å². The van der Waals surface area contributed by atoms with E-state index in [0.717, 1.165) is 11.3 Å². The molecular formula is C18H19N5O2S. The molecule has 1 aromatic carbocycles. The third kappa shape index (κ3) is 4.37. The van der Waals surface area contributed by atoms with Gasteiger partial charge in [0.2, 0.25) is 0 Å². The number of ketones is 1. The van der Waals surface area contributed by atoms with Gasteiger partial charge in [-0.25, -0.2) is 0 Å². The van der Waals surface area contributed by atoms with Gasteiger partial charge < -0.3 is 10.1 Å². The summed E-state index contributed by atoms with van der Waals surface area (Å²) in [5.74, 6) is 0.117. The third-order valence-electron chi connectivity index (χ3n) is 3.60. The normalized spacial score (nSPS) is 11.4. The van der Waals surface area contributed by atoms with Crippen LogP contribution in [-0.4, -0.2) is 39.1 Å². The fourth-order valence-corrected chi connectivity index (χ4v) is 3.13. The molecule has 1 N–H and O–H groups in total. The first-order valence-corrected chi connectivity index (χ1v) is 8.79. The second-order valence-electron chi connectivity index (χ2n) is 5.43. The summed E-state index contributed by atoms with van der Waals surface area (Å²) in [7, 11) is 1.60. The average Bonchev–Trinajstić information content (AvgIpc) is 3.03. The Hall–Kier alpha value is -2.92. The smallest absolute Gasteiger partial charge is 0.192 e. The SMILES string of the molecule is C=CCn1c(SCC(=O)C(C#N)C(C)=N)nnc1-c1ccc(OC)cc1. The topological polar surface area (TPSA) is 105 Å². The van der Waals surface area contributed by atoms with E-state index in [1.165, 1.54) is 18.7 Å². The Morgan fingerprint density at radius 1 is 1.46 bits per heavy atom. The molecule has 0 radical (unpaired) electrons. The average molecular weight is 369 g/mol. The number of hydrogen-bond acceptors (Lipinski definition) is 7. The van der Waals surface area contributed by atoms with E-state index in [2.05, 4.69) is 16.8 Å². The van der Waals surface area contributed by atoms with E-state index in [9.17, 15) is 4.79 Å². The molecule has 0 fully saturated rings. The molecule has 1 atom stereocenters. The Kier molecular flexibility index (Phi) is 6.69. The summed E-state index contributed by atoms with van der Waals surface area (Å²) >= 11 is 1.20. The van der Waals surface area contributed by atoms with Crippen LogP contribution in [0.4, 0.5) is 0 Å². The number of aromatic nitrogens is 3. The second kappa shape index (κ2) is 8.97. The van der Waals surface area contributed by atoms with Gasteiger partial charge in [0.15, 0.2) is 16.8 Å². The number of nitrogens with zero attached hydrogens (tertiary/aromatic N) is 4. The Morgan fingerprint density at radius 3 is 2.69 bits per heavy atom. The van der Waals surface area contributed by atoms with Gasteiger partial charge in [0, 0.05) is 17.8 Å². The van der Waals surface area contributed by atoms with E-state index in [0.29, 0.717) is 17.5 Å². The molecule has 26 heavy (non-hydrogen) atoms. The molecule has 0 aliphatic carbocycles. The number of ether oxygens (including phenoxy) is 1. The van der Waals surface area contributed by atoms with Crippen LogP contribution < -0.4 is 4.74 Å². The fourth-order valence-electron chi connectivity index (χ4n) is 2.27. The molecule has 0 spiro atoms. The number of allylic oxidation sites excluding steroid dienone is 1. The number of benzene rings is 1. The van der Waals surface area contributed by atoms with Gasteiger partial charge in [0.25, 0.3) is 0 Å². The molecule has 134 valence electrons. The molecule has 8 heteroatoms. The molecule has 0 aliphatic heterocycles. The molecule has 0 amide bonds. The highest BCUT2D eigenvalue weighted by atomic mass is 32.2. The molecule has 1 unspecified atom stereocenters. The molecule has 2 aromatic rings. The van der Waals surface area contributed by atoms with Gasteiger partial charge in [-0.15, -0.1) is 16.8 Å². The lowest BCUT2D eigenvalue weighted by Gasteiger charge is -2.09. The largest absolute Gasteiger partial charge is 0.497 e. The highest BCUT2D eigenvalue weighted by Crippen LogP contribution is 2.26. The van der Waals surface area contributed by atoms with E-state index in [4.69, 9.17) is 15.4 Å². The zero-order valence-electron chi connectivity index (χ0n) is 14.6. The highest BCUT2D eigenvalue weighted by Gasteiger charge is 2.22. The van der Waals surface area contributed by atoms with Crippen LogP contribution in [0.2, 0.25) is 0 Å². The molecule has 0 saturated carbocycles. The van der Waals surface area contributed by atoms with Crippen molar-refractivity contribution in [2.75, 3.05) is 12.9 Å². The van der Waals surface area contributed by atoms with E-state index in [1.54, 1.807) is 13.2 Å². The van der Waals surface area contributed by atoms with Crippen molar-refractivity contribution in [3.05, 3.63) is 36.9 Å². The summed E-state index contributed by atoms with van der Waals surface area (Å²) in [6.45, 7) is 5.69. The Morgan fingerprint density at radius 2 is 2.15 bits per heavy atom. The van der Waals surface area contributed by atoms with Gasteiger partial charge in [-0.05, 0) is 31.2 Å². The molecular weight excluding hydrogens is 350 g/mol. The maximum atomic E-state index is 12.1. The van der Waals surface area contributed by atoms with Crippen molar-refractivity contribution in [2.24, 2.45) is 5.92 Å². The highest BCUT2D eigenvalue weighted by molar-refractivity contribution is 7.99. The van der Waals surface area contributed by atoms with E-state index in [1.807, 2.05) is 34.9 Å². The van der Waals surface area contributed by atoms with Crippen LogP contribution in [0.5, 0.6) is 5.75 Å². The predicted octanol–water partition coefficient (Wildman–Crippen LogP) is 2.98. The lowest BCUT2D eigenvalue weighted by Crippen LogP contribution is -2.21. The van der Waals surface area contributed by atoms with Crippen molar-refractivity contribution >= 4 is 23.3 Å². The molecule has 0 saturated heterocycles. The molecule has 2 rings (SSSR count). The summed E-state index contributed by atoms with van der Waals surface area (Å²) in [5, 5.41) is 25.5. The standard InChI is InChI=1S/C18H19N5O2S/c1-4-9-23-17(13-5-7-14(25-3)8-6-13)21-22-18(23)26-11-16(24)15(10-19)12(2)20/h4-8,15,20H,1,9,11H2,2-3H3. The number of rotatable bonds is 9. The van der Waals surface area contributed by atoms with Gasteiger partial charge in [-0.1, -0.05) is 17.8 Å². The minimum absolute atomic E-state index is 0.0459. The minimum Gasteiger partial charge on any atom is -0.497 e. The zero-order valence-corrected chi connectivity index (χ0v) is 15.4. The Bertz CT molecular complexity index is 851. The number of carbonyl (C=O) groups is 1. The number of Topliss-reactive ketones (excluding diaryl/α,β-unsaturated/α-hetero) is 1. The first kappa shape index (κ1) is 19.4. The number of nitriles is 1. The van der Waals surface area contributed by atoms with Crippen LogP contribution in [0.3, 0.4) is 0 Å². The van der Waals surface area contributed by atoms with Gasteiger partial charge in [0.1, 0.15) is 11.7 Å². The maximum absolute atomic E-state index is 12.1. The molecule has 1 aromatic heterocycles. The van der Waals surface area contributed by atoms with Crippen LogP contribution in [0.25, 0.3) is 11.4 Å². The monoisotopic (exact) mass is 369 g/mol. The summed E-state index contributed by atoms with van der Waals surface area (Å²) in [6, 6.07) is 9.30. The summed E-state index contributed by atoms with van der Waals surface area (Å²) in [6.07, 6.45) is 1.72. The lowest BCUT2D eigenvalue weighted by atomic mass is 10.0. The van der Waals surface area contributed by atoms with Crippen molar-refractivity contribution in [2.45, 2.75) is 18.6 Å². The van der Waals surface area contributed by atoms with Crippen LogP contribution in [0.15, 0.2) is 42.1 Å². The number of thioether (sulfide) groups is 1. The number of carbonyl (C=O) groups excluding carboxylic acids is 1. The molecule has 0 bridgehead atoms. The maximum Gasteiger partial charge on any atom is 0.192 e. The van der Waals surface area contributed by atoms with Crippen LogP contribution in [-0.2, 0) is 11.3 Å². The number of nitrogens with one attached hydrogen (secondary N) is 1. The van der Waals surface area contributed by atoms with Crippen LogP contribution in [0.1, 0.15) is 6.92 Å².